The highest BCUT2D eigenvalue weighted by Crippen LogP contribution is 2.31. The fourth-order valence-electron chi connectivity index (χ4n) is 4.14. The molecule has 3 aliphatic rings. The van der Waals surface area contributed by atoms with E-state index in [-0.39, 0.29) is 30.4 Å². The second kappa shape index (κ2) is 8.11. The number of ether oxygens (including phenoxy) is 1. The molecule has 1 N–H and O–H groups in total. The predicted molar refractivity (Wildman–Crippen MR) is 103 cm³/mol. The quantitative estimate of drug-likeness (QED) is 0.805. The zero-order valence-corrected chi connectivity index (χ0v) is 16.4. The minimum atomic E-state index is -0.699. The number of cyclic esters (lactones) is 1. The minimum absolute atomic E-state index is 0.0570. The Morgan fingerprint density at radius 1 is 1.10 bits per heavy atom. The Kier molecular flexibility index (Phi) is 5.55. The average molecular weight is 409 g/mol. The van der Waals surface area contributed by atoms with Crippen molar-refractivity contribution in [2.45, 2.75) is 19.4 Å². The van der Waals surface area contributed by atoms with Gasteiger partial charge in [0, 0.05) is 58.3 Å². The van der Waals surface area contributed by atoms with Crippen LogP contribution in [-0.4, -0.2) is 80.5 Å². The van der Waals surface area contributed by atoms with Gasteiger partial charge in [0.25, 0.3) is 0 Å². The van der Waals surface area contributed by atoms with E-state index in [9.17, 15) is 18.4 Å². The number of carbonyl (C=O) groups is 2. The second-order valence-corrected chi connectivity index (χ2v) is 7.56. The van der Waals surface area contributed by atoms with Crippen LogP contribution in [0, 0.1) is 11.6 Å². The summed E-state index contributed by atoms with van der Waals surface area (Å²) in [7, 11) is 0. The number of benzene rings is 1. The van der Waals surface area contributed by atoms with Gasteiger partial charge in [-0.15, -0.1) is 0 Å². The van der Waals surface area contributed by atoms with Gasteiger partial charge in [-0.25, -0.2) is 23.6 Å². The summed E-state index contributed by atoms with van der Waals surface area (Å²) in [5.41, 5.74) is 0.0525. The molecule has 29 heavy (non-hydrogen) atoms. The van der Waals surface area contributed by atoms with E-state index in [4.69, 9.17) is 4.74 Å². The SMILES string of the molecule is CC(=O)NCC1CN(c2cc(F)c(N3CCN4CCCN4CC3)c(F)c2)C(=O)O1. The van der Waals surface area contributed by atoms with Gasteiger partial charge >= 0.3 is 6.09 Å². The van der Waals surface area contributed by atoms with E-state index < -0.39 is 23.8 Å². The van der Waals surface area contributed by atoms with Gasteiger partial charge in [-0.3, -0.25) is 9.69 Å². The first-order chi connectivity index (χ1) is 13.9. The van der Waals surface area contributed by atoms with Gasteiger partial charge in [-0.2, -0.15) is 0 Å². The lowest BCUT2D eigenvalue weighted by Crippen LogP contribution is -2.37. The largest absolute Gasteiger partial charge is 0.442 e. The molecule has 3 fully saturated rings. The highest BCUT2D eigenvalue weighted by atomic mass is 19.1. The van der Waals surface area contributed by atoms with Gasteiger partial charge in [-0.1, -0.05) is 0 Å². The number of rotatable bonds is 4. The van der Waals surface area contributed by atoms with Crippen LogP contribution in [0.25, 0.3) is 0 Å². The van der Waals surface area contributed by atoms with Crippen molar-refractivity contribution in [3.8, 4) is 0 Å². The highest BCUT2D eigenvalue weighted by molar-refractivity contribution is 5.90. The van der Waals surface area contributed by atoms with Crippen LogP contribution in [0.4, 0.5) is 25.0 Å². The van der Waals surface area contributed by atoms with E-state index in [0.717, 1.165) is 32.6 Å². The van der Waals surface area contributed by atoms with E-state index in [1.165, 1.54) is 24.0 Å². The van der Waals surface area contributed by atoms with Gasteiger partial charge in [0.2, 0.25) is 5.91 Å². The summed E-state index contributed by atoms with van der Waals surface area (Å²) in [6.07, 6.45) is -0.132. The summed E-state index contributed by atoms with van der Waals surface area (Å²) in [6, 6.07) is 2.35. The van der Waals surface area contributed by atoms with E-state index in [0.29, 0.717) is 13.1 Å². The smallest absolute Gasteiger partial charge is 0.414 e. The second-order valence-electron chi connectivity index (χ2n) is 7.56. The van der Waals surface area contributed by atoms with E-state index in [2.05, 4.69) is 15.3 Å². The molecule has 1 aromatic rings. The fraction of sp³-hybridized carbons (Fsp3) is 0.579. The third kappa shape index (κ3) is 4.13. The molecule has 0 saturated carbocycles. The molecule has 10 heteroatoms. The lowest BCUT2D eigenvalue weighted by molar-refractivity contribution is -0.119. The molecule has 1 aromatic carbocycles. The minimum Gasteiger partial charge on any atom is -0.442 e. The molecule has 0 aromatic heterocycles. The molecule has 0 radical (unpaired) electrons. The lowest BCUT2D eigenvalue weighted by Gasteiger charge is -2.25. The molecule has 3 aliphatic heterocycles. The van der Waals surface area contributed by atoms with E-state index in [1.54, 1.807) is 4.90 Å². The average Bonchev–Trinajstić information content (AvgIpc) is 3.22. The van der Waals surface area contributed by atoms with Crippen molar-refractivity contribution in [2.75, 3.05) is 62.2 Å². The Labute approximate surface area is 167 Å². The first-order valence-corrected chi connectivity index (χ1v) is 9.89. The van der Waals surface area contributed by atoms with Crippen LogP contribution in [0.1, 0.15) is 13.3 Å². The number of carbonyl (C=O) groups excluding carboxylic acids is 2. The van der Waals surface area contributed by atoms with Crippen molar-refractivity contribution < 1.29 is 23.1 Å². The first-order valence-electron chi connectivity index (χ1n) is 9.89. The van der Waals surface area contributed by atoms with Crippen LogP contribution in [0.3, 0.4) is 0 Å². The van der Waals surface area contributed by atoms with Crippen molar-refractivity contribution in [1.82, 2.24) is 15.3 Å². The predicted octanol–water partition coefficient (Wildman–Crippen LogP) is 1.17. The first kappa shape index (κ1) is 19.8. The van der Waals surface area contributed by atoms with Crippen LogP contribution in [0.15, 0.2) is 12.1 Å². The number of hydrogen-bond donors (Lipinski definition) is 1. The molecule has 1 unspecified atom stereocenters. The highest BCUT2D eigenvalue weighted by Gasteiger charge is 2.34. The number of halogens is 2. The Hall–Kier alpha value is -2.46. The van der Waals surface area contributed by atoms with Gasteiger partial charge in [-0.05, 0) is 6.42 Å². The normalized spacial score (nSPS) is 23.1. The molecular weight excluding hydrogens is 384 g/mol. The van der Waals surface area contributed by atoms with Crippen LogP contribution in [0.2, 0.25) is 0 Å². The number of nitrogens with one attached hydrogen (secondary N) is 1. The molecule has 4 rings (SSSR count). The lowest BCUT2D eigenvalue weighted by atomic mass is 10.2. The van der Waals surface area contributed by atoms with Crippen LogP contribution >= 0.6 is 0 Å². The molecule has 0 bridgehead atoms. The van der Waals surface area contributed by atoms with E-state index in [1.807, 2.05) is 0 Å². The van der Waals surface area contributed by atoms with Gasteiger partial charge < -0.3 is 15.0 Å². The molecule has 3 saturated heterocycles. The topological polar surface area (TPSA) is 68.4 Å². The zero-order valence-electron chi connectivity index (χ0n) is 16.4. The molecule has 3 heterocycles. The monoisotopic (exact) mass is 409 g/mol. The molecule has 2 amide bonds. The Morgan fingerprint density at radius 2 is 1.72 bits per heavy atom. The van der Waals surface area contributed by atoms with Gasteiger partial charge in [0.05, 0.1) is 18.8 Å². The summed E-state index contributed by atoms with van der Waals surface area (Å²) < 4.78 is 35.0. The Balaban J connectivity index is 1.49. The summed E-state index contributed by atoms with van der Waals surface area (Å²) in [5.74, 6) is -1.64. The maximum absolute atomic E-state index is 14.9. The van der Waals surface area contributed by atoms with Crippen LogP contribution in [-0.2, 0) is 9.53 Å². The molecule has 158 valence electrons. The van der Waals surface area contributed by atoms with Gasteiger partial charge in [0.15, 0.2) is 11.6 Å². The summed E-state index contributed by atoms with van der Waals surface area (Å²) in [6.45, 7) is 6.12. The molecule has 1 atom stereocenters. The summed E-state index contributed by atoms with van der Waals surface area (Å²) >= 11 is 0. The number of hydrazine groups is 1. The van der Waals surface area contributed by atoms with Gasteiger partial charge in [0.1, 0.15) is 11.8 Å². The van der Waals surface area contributed by atoms with Crippen molar-refractivity contribution in [2.24, 2.45) is 0 Å². The third-order valence-corrected chi connectivity index (χ3v) is 5.57. The molecule has 8 nitrogen and oxygen atoms in total. The molecule has 0 aliphatic carbocycles. The maximum atomic E-state index is 14.9. The number of nitrogens with zero attached hydrogens (tertiary/aromatic N) is 4. The summed E-state index contributed by atoms with van der Waals surface area (Å²) in [4.78, 5) is 26.1. The maximum Gasteiger partial charge on any atom is 0.414 e. The standard InChI is InChI=1S/C19H25F2N5O3/c1-13(27)22-11-15-12-26(19(28)29-15)14-9-16(20)18(17(21)10-14)23-5-7-24-3-2-4-25(24)8-6-23/h9-10,15H,2-8,11-12H2,1H3,(H,22,27). The van der Waals surface area contributed by atoms with Crippen molar-refractivity contribution in [3.05, 3.63) is 23.8 Å². The number of anilines is 2. The number of amides is 2. The molecular formula is C19H25F2N5O3. The fourth-order valence-corrected chi connectivity index (χ4v) is 4.14. The summed E-state index contributed by atoms with van der Waals surface area (Å²) in [5, 5.41) is 7.04. The molecule has 0 spiro atoms. The van der Waals surface area contributed by atoms with Crippen molar-refractivity contribution in [1.29, 1.82) is 0 Å². The Bertz CT molecular complexity index is 771. The van der Waals surface area contributed by atoms with Crippen molar-refractivity contribution in [3.63, 3.8) is 0 Å². The Morgan fingerprint density at radius 3 is 2.31 bits per heavy atom. The van der Waals surface area contributed by atoms with E-state index >= 15 is 0 Å². The number of hydrogen-bond acceptors (Lipinski definition) is 6. The van der Waals surface area contributed by atoms with Crippen LogP contribution in [0.5, 0.6) is 0 Å². The van der Waals surface area contributed by atoms with Crippen molar-refractivity contribution >= 4 is 23.4 Å². The van der Waals surface area contributed by atoms with Crippen LogP contribution < -0.4 is 15.1 Å². The zero-order chi connectivity index (χ0) is 20.5. The third-order valence-electron chi connectivity index (χ3n) is 5.57. The number of fused-ring (bicyclic) bond motifs is 1.